The highest BCUT2D eigenvalue weighted by atomic mass is 19.2. The molecule has 1 rings (SSSR count). The Morgan fingerprint density at radius 1 is 1.19 bits per heavy atom. The average molecular weight is 298 g/mol. The Kier molecular flexibility index (Phi) is 6.78. The highest BCUT2D eigenvalue weighted by Gasteiger charge is 2.11. The van der Waals surface area contributed by atoms with Crippen LogP contribution in [0.5, 0.6) is 0 Å². The van der Waals surface area contributed by atoms with Crippen molar-refractivity contribution in [2.24, 2.45) is 0 Å². The maximum Gasteiger partial charge on any atom is 0.226 e. The lowest BCUT2D eigenvalue weighted by Crippen LogP contribution is -2.32. The Labute approximate surface area is 123 Å². The van der Waals surface area contributed by atoms with Gasteiger partial charge in [0.15, 0.2) is 11.6 Å². The number of amides is 2. The van der Waals surface area contributed by atoms with Crippen LogP contribution in [0.1, 0.15) is 33.1 Å². The van der Waals surface area contributed by atoms with Gasteiger partial charge in [-0.2, -0.15) is 0 Å². The molecule has 6 heteroatoms. The molecular weight excluding hydrogens is 278 g/mol. The molecule has 0 spiro atoms. The molecule has 0 saturated carbocycles. The number of unbranched alkanes of at least 4 members (excludes halogenated alkanes) is 1. The third-order valence-electron chi connectivity index (χ3n) is 3.04. The number of anilines is 1. The second-order valence-corrected chi connectivity index (χ2v) is 4.79. The first-order chi connectivity index (χ1) is 9.93. The number of nitrogens with zero attached hydrogens (tertiary/aromatic N) is 1. The fourth-order valence-corrected chi connectivity index (χ4v) is 1.81. The predicted octanol–water partition coefficient (Wildman–Crippen LogP) is 2.94. The second kappa shape index (κ2) is 8.34. The summed E-state index contributed by atoms with van der Waals surface area (Å²) in [5.41, 5.74) is 0.196. The number of carbonyl (C=O) groups is 2. The topological polar surface area (TPSA) is 49.4 Å². The molecule has 0 aliphatic rings. The van der Waals surface area contributed by atoms with Crippen molar-refractivity contribution < 1.29 is 18.4 Å². The molecular formula is C15H20F2N2O2. The molecule has 0 aliphatic heterocycles. The van der Waals surface area contributed by atoms with E-state index in [9.17, 15) is 18.4 Å². The molecule has 0 fully saturated rings. The second-order valence-electron chi connectivity index (χ2n) is 4.79. The Morgan fingerprint density at radius 3 is 2.48 bits per heavy atom. The molecule has 116 valence electrons. The lowest BCUT2D eigenvalue weighted by atomic mass is 10.2. The van der Waals surface area contributed by atoms with E-state index in [0.29, 0.717) is 13.1 Å². The van der Waals surface area contributed by atoms with Gasteiger partial charge < -0.3 is 10.2 Å². The molecule has 0 heterocycles. The molecule has 21 heavy (non-hydrogen) atoms. The average Bonchev–Trinajstić information content (AvgIpc) is 2.42. The SMILES string of the molecule is CCCCN(CCC(=O)Nc1ccc(F)c(F)c1)C(C)=O. The number of rotatable bonds is 7. The summed E-state index contributed by atoms with van der Waals surface area (Å²) >= 11 is 0. The number of hydrogen-bond donors (Lipinski definition) is 1. The fourth-order valence-electron chi connectivity index (χ4n) is 1.81. The van der Waals surface area contributed by atoms with Crippen molar-refractivity contribution in [1.82, 2.24) is 4.90 Å². The van der Waals surface area contributed by atoms with E-state index >= 15 is 0 Å². The fraction of sp³-hybridized carbons (Fsp3) is 0.467. The first-order valence-electron chi connectivity index (χ1n) is 6.94. The molecule has 0 saturated heterocycles. The summed E-state index contributed by atoms with van der Waals surface area (Å²) in [6, 6.07) is 3.16. The van der Waals surface area contributed by atoms with Crippen LogP contribution in [0.3, 0.4) is 0 Å². The maximum absolute atomic E-state index is 13.0. The minimum Gasteiger partial charge on any atom is -0.342 e. The number of halogens is 2. The summed E-state index contributed by atoms with van der Waals surface area (Å²) in [7, 11) is 0. The summed E-state index contributed by atoms with van der Waals surface area (Å²) in [5.74, 6) is -2.40. The zero-order valence-corrected chi connectivity index (χ0v) is 12.3. The van der Waals surface area contributed by atoms with Crippen molar-refractivity contribution >= 4 is 17.5 Å². The van der Waals surface area contributed by atoms with Crippen molar-refractivity contribution in [3.63, 3.8) is 0 Å². The molecule has 1 aromatic rings. The zero-order valence-electron chi connectivity index (χ0n) is 12.3. The van der Waals surface area contributed by atoms with E-state index in [2.05, 4.69) is 5.32 Å². The van der Waals surface area contributed by atoms with Gasteiger partial charge in [0, 0.05) is 38.2 Å². The van der Waals surface area contributed by atoms with Crippen molar-refractivity contribution in [2.45, 2.75) is 33.1 Å². The van der Waals surface area contributed by atoms with E-state index in [0.717, 1.165) is 25.0 Å². The van der Waals surface area contributed by atoms with Gasteiger partial charge in [0.25, 0.3) is 0 Å². The Balaban J connectivity index is 2.48. The molecule has 1 N–H and O–H groups in total. The van der Waals surface area contributed by atoms with E-state index < -0.39 is 11.6 Å². The molecule has 0 bridgehead atoms. The smallest absolute Gasteiger partial charge is 0.226 e. The minimum atomic E-state index is -1.01. The van der Waals surface area contributed by atoms with Gasteiger partial charge in [-0.1, -0.05) is 13.3 Å². The molecule has 4 nitrogen and oxygen atoms in total. The van der Waals surface area contributed by atoms with Crippen LogP contribution in [-0.2, 0) is 9.59 Å². The quantitative estimate of drug-likeness (QED) is 0.841. The van der Waals surface area contributed by atoms with Crippen LogP contribution >= 0.6 is 0 Å². The summed E-state index contributed by atoms with van der Waals surface area (Å²) in [5, 5.41) is 2.48. The summed E-state index contributed by atoms with van der Waals surface area (Å²) < 4.78 is 25.8. The van der Waals surface area contributed by atoms with Crippen LogP contribution in [0, 0.1) is 11.6 Å². The lowest BCUT2D eigenvalue weighted by Gasteiger charge is -2.20. The third kappa shape index (κ3) is 5.89. The van der Waals surface area contributed by atoms with Crippen molar-refractivity contribution in [1.29, 1.82) is 0 Å². The molecule has 0 radical (unpaired) electrons. The summed E-state index contributed by atoms with van der Waals surface area (Å²) in [4.78, 5) is 24.8. The van der Waals surface area contributed by atoms with Gasteiger partial charge in [-0.3, -0.25) is 9.59 Å². The molecule has 0 unspecified atom stereocenters. The van der Waals surface area contributed by atoms with Crippen LogP contribution in [0.15, 0.2) is 18.2 Å². The largest absolute Gasteiger partial charge is 0.342 e. The van der Waals surface area contributed by atoms with Crippen LogP contribution in [-0.4, -0.2) is 29.8 Å². The van der Waals surface area contributed by atoms with Crippen LogP contribution in [0.2, 0.25) is 0 Å². The highest BCUT2D eigenvalue weighted by Crippen LogP contribution is 2.13. The van der Waals surface area contributed by atoms with Crippen LogP contribution in [0.25, 0.3) is 0 Å². The molecule has 1 aromatic carbocycles. The minimum absolute atomic E-state index is 0.0796. The van der Waals surface area contributed by atoms with Crippen LogP contribution in [0.4, 0.5) is 14.5 Å². The first-order valence-corrected chi connectivity index (χ1v) is 6.94. The number of hydrogen-bond acceptors (Lipinski definition) is 2. The van der Waals surface area contributed by atoms with Gasteiger partial charge in [0.05, 0.1) is 0 Å². The normalized spacial score (nSPS) is 10.3. The van der Waals surface area contributed by atoms with Crippen LogP contribution < -0.4 is 5.32 Å². The first kappa shape index (κ1) is 17.1. The van der Waals surface area contributed by atoms with E-state index in [-0.39, 0.29) is 23.9 Å². The van der Waals surface area contributed by atoms with Gasteiger partial charge in [-0.15, -0.1) is 0 Å². The van der Waals surface area contributed by atoms with Gasteiger partial charge >= 0.3 is 0 Å². The number of benzene rings is 1. The Morgan fingerprint density at radius 2 is 1.90 bits per heavy atom. The van der Waals surface area contributed by atoms with E-state index in [1.54, 1.807) is 4.90 Å². The molecule has 0 atom stereocenters. The van der Waals surface area contributed by atoms with Crippen molar-refractivity contribution in [3.05, 3.63) is 29.8 Å². The molecule has 0 aliphatic carbocycles. The van der Waals surface area contributed by atoms with E-state index in [1.165, 1.54) is 13.0 Å². The van der Waals surface area contributed by atoms with Gasteiger partial charge in [0.2, 0.25) is 11.8 Å². The van der Waals surface area contributed by atoms with E-state index in [4.69, 9.17) is 0 Å². The molecule has 0 aromatic heterocycles. The van der Waals surface area contributed by atoms with Gasteiger partial charge in [-0.05, 0) is 18.6 Å². The van der Waals surface area contributed by atoms with E-state index in [1.807, 2.05) is 6.92 Å². The monoisotopic (exact) mass is 298 g/mol. The zero-order chi connectivity index (χ0) is 15.8. The van der Waals surface area contributed by atoms with Crippen molar-refractivity contribution in [3.8, 4) is 0 Å². The maximum atomic E-state index is 13.0. The number of carbonyl (C=O) groups excluding carboxylic acids is 2. The summed E-state index contributed by atoms with van der Waals surface area (Å²) in [6.07, 6.45) is 1.96. The van der Waals surface area contributed by atoms with Gasteiger partial charge in [-0.25, -0.2) is 8.78 Å². The Bertz CT molecular complexity index is 506. The Hall–Kier alpha value is -1.98. The predicted molar refractivity (Wildman–Crippen MR) is 76.8 cm³/mol. The standard InChI is InChI=1S/C15H20F2N2O2/c1-3-4-8-19(11(2)20)9-7-15(21)18-12-5-6-13(16)14(17)10-12/h5-6,10H,3-4,7-9H2,1-2H3,(H,18,21). The van der Waals surface area contributed by atoms with Crippen molar-refractivity contribution in [2.75, 3.05) is 18.4 Å². The molecule has 2 amide bonds. The lowest BCUT2D eigenvalue weighted by molar-refractivity contribution is -0.129. The third-order valence-corrected chi connectivity index (χ3v) is 3.04. The van der Waals surface area contributed by atoms with Gasteiger partial charge in [0.1, 0.15) is 0 Å². The number of nitrogens with one attached hydrogen (secondary N) is 1. The highest BCUT2D eigenvalue weighted by molar-refractivity contribution is 5.91. The summed E-state index contributed by atoms with van der Waals surface area (Å²) in [6.45, 7) is 4.41.